The second-order valence-electron chi connectivity index (χ2n) is 10.8. The van der Waals surface area contributed by atoms with Crippen LogP contribution in [0.2, 0.25) is 0 Å². The molecule has 1 aromatic carbocycles. The summed E-state index contributed by atoms with van der Waals surface area (Å²) in [6.45, 7) is 14.5. The van der Waals surface area contributed by atoms with Gasteiger partial charge in [0.15, 0.2) is 0 Å². The molecular weight excluding hydrogens is 562 g/mol. The fraction of sp³-hybridized carbons (Fsp3) is 0.621. The standard InChI is InChI=1S/C25H30F6N6O.C4H10/c1-17(2)35-7-9-37(10-8-35)23(38)16-34-3-5-36(6-4-34)22-15-32-21(14-33-22)18-11-19(24(26,27)28)13-20(12-18)25(29,30)31;1-3-4-2/h11-15,17H,3-10,16H2,1-2H3;3-4H2,1-2H3. The number of piperazine rings is 2. The van der Waals surface area contributed by atoms with Gasteiger partial charge in [-0.05, 0) is 32.0 Å². The van der Waals surface area contributed by atoms with Crippen LogP contribution in [-0.4, -0.2) is 95.5 Å². The van der Waals surface area contributed by atoms with E-state index in [1.54, 1.807) is 0 Å². The Morgan fingerprint density at radius 3 is 1.76 bits per heavy atom. The molecule has 2 fully saturated rings. The number of rotatable bonds is 6. The molecule has 234 valence electrons. The van der Waals surface area contributed by atoms with Crippen LogP contribution >= 0.6 is 0 Å². The first-order valence-corrected chi connectivity index (χ1v) is 14.3. The molecule has 13 heteroatoms. The Labute approximate surface area is 243 Å². The highest BCUT2D eigenvalue weighted by Crippen LogP contribution is 2.38. The zero-order valence-electron chi connectivity index (χ0n) is 24.6. The second-order valence-corrected chi connectivity index (χ2v) is 10.8. The van der Waals surface area contributed by atoms with Crippen LogP contribution in [-0.2, 0) is 17.1 Å². The van der Waals surface area contributed by atoms with Gasteiger partial charge in [-0.1, -0.05) is 26.7 Å². The van der Waals surface area contributed by atoms with E-state index in [4.69, 9.17) is 0 Å². The van der Waals surface area contributed by atoms with E-state index in [2.05, 4.69) is 47.5 Å². The van der Waals surface area contributed by atoms with E-state index in [0.717, 1.165) is 26.2 Å². The zero-order valence-corrected chi connectivity index (χ0v) is 24.6. The summed E-state index contributed by atoms with van der Waals surface area (Å²) in [4.78, 5) is 29.3. The number of hydrogen-bond donors (Lipinski definition) is 0. The number of alkyl halides is 6. The van der Waals surface area contributed by atoms with E-state index in [9.17, 15) is 31.1 Å². The average molecular weight is 603 g/mol. The maximum atomic E-state index is 13.2. The van der Waals surface area contributed by atoms with Crippen LogP contribution in [0.3, 0.4) is 0 Å². The van der Waals surface area contributed by atoms with Crippen LogP contribution in [0.25, 0.3) is 11.3 Å². The van der Waals surface area contributed by atoms with Gasteiger partial charge in [-0.2, -0.15) is 26.3 Å². The van der Waals surface area contributed by atoms with Crippen molar-refractivity contribution in [2.24, 2.45) is 0 Å². The molecule has 0 unspecified atom stereocenters. The molecule has 2 aromatic rings. The van der Waals surface area contributed by atoms with E-state index in [-0.39, 0.29) is 23.2 Å². The fourth-order valence-electron chi connectivity index (χ4n) is 4.65. The summed E-state index contributed by atoms with van der Waals surface area (Å²) in [6, 6.07) is 1.82. The smallest absolute Gasteiger partial charge is 0.353 e. The number of anilines is 1. The Hall–Kier alpha value is -2.93. The first-order chi connectivity index (χ1) is 19.7. The van der Waals surface area contributed by atoms with E-state index in [0.29, 0.717) is 56.7 Å². The van der Waals surface area contributed by atoms with E-state index in [1.807, 2.05) is 9.80 Å². The maximum absolute atomic E-state index is 13.2. The minimum absolute atomic E-state index is 0.0844. The Balaban J connectivity index is 0.00000114. The van der Waals surface area contributed by atoms with Crippen LogP contribution < -0.4 is 4.90 Å². The number of unbranched alkanes of at least 4 members (excludes halogenated alkanes) is 1. The van der Waals surface area contributed by atoms with Crippen LogP contribution in [0.5, 0.6) is 0 Å². The largest absolute Gasteiger partial charge is 0.416 e. The van der Waals surface area contributed by atoms with Gasteiger partial charge in [0.05, 0.1) is 35.8 Å². The topological polar surface area (TPSA) is 55.8 Å². The first kappa shape index (κ1) is 33.6. The summed E-state index contributed by atoms with van der Waals surface area (Å²) in [5.74, 6) is 0.567. The molecule has 7 nitrogen and oxygen atoms in total. The molecule has 2 aliphatic heterocycles. The molecule has 2 saturated heterocycles. The van der Waals surface area contributed by atoms with Gasteiger partial charge in [-0.25, -0.2) is 4.98 Å². The van der Waals surface area contributed by atoms with Crippen LogP contribution in [0.1, 0.15) is 51.7 Å². The summed E-state index contributed by atoms with van der Waals surface area (Å²) in [5, 5.41) is 0. The highest BCUT2D eigenvalue weighted by Gasteiger charge is 2.37. The predicted octanol–water partition coefficient (Wildman–Crippen LogP) is 5.66. The van der Waals surface area contributed by atoms with Crippen LogP contribution in [0, 0.1) is 0 Å². The molecule has 0 N–H and O–H groups in total. The number of carbonyl (C=O) groups excluding carboxylic acids is 1. The quantitative estimate of drug-likeness (QED) is 0.398. The number of nitrogens with zero attached hydrogens (tertiary/aromatic N) is 6. The van der Waals surface area contributed by atoms with Crippen molar-refractivity contribution in [1.29, 1.82) is 0 Å². The van der Waals surface area contributed by atoms with Crippen molar-refractivity contribution >= 4 is 11.7 Å². The third-order valence-corrected chi connectivity index (χ3v) is 7.47. The van der Waals surface area contributed by atoms with Gasteiger partial charge in [-0.15, -0.1) is 0 Å². The van der Waals surface area contributed by atoms with Crippen molar-refractivity contribution in [2.75, 3.05) is 63.8 Å². The SMILES string of the molecule is CC(C)N1CCN(C(=O)CN2CCN(c3cnc(-c4cc(C(F)(F)F)cc(C(F)(F)F)c4)cn3)CC2)CC1.CCCC. The van der Waals surface area contributed by atoms with Gasteiger partial charge >= 0.3 is 12.4 Å². The Morgan fingerprint density at radius 1 is 0.786 bits per heavy atom. The Kier molecular flexibility index (Phi) is 11.6. The highest BCUT2D eigenvalue weighted by atomic mass is 19.4. The molecule has 0 radical (unpaired) electrons. The minimum Gasteiger partial charge on any atom is -0.353 e. The third kappa shape index (κ3) is 9.29. The van der Waals surface area contributed by atoms with Crippen molar-refractivity contribution in [3.8, 4) is 11.3 Å². The molecule has 4 rings (SSSR count). The number of benzene rings is 1. The molecule has 42 heavy (non-hydrogen) atoms. The number of halogens is 6. The van der Waals surface area contributed by atoms with E-state index < -0.39 is 23.5 Å². The van der Waals surface area contributed by atoms with Crippen LogP contribution in [0.4, 0.5) is 32.2 Å². The molecule has 3 heterocycles. The number of hydrogen-bond acceptors (Lipinski definition) is 6. The third-order valence-electron chi connectivity index (χ3n) is 7.47. The summed E-state index contributed by atoms with van der Waals surface area (Å²) in [5.41, 5.74) is -3.21. The van der Waals surface area contributed by atoms with Gasteiger partial charge in [0.1, 0.15) is 5.82 Å². The van der Waals surface area contributed by atoms with Crippen molar-refractivity contribution < 1.29 is 31.1 Å². The molecule has 2 aliphatic rings. The molecule has 1 aromatic heterocycles. The number of carbonyl (C=O) groups is 1. The fourth-order valence-corrected chi connectivity index (χ4v) is 4.65. The monoisotopic (exact) mass is 602 g/mol. The van der Waals surface area contributed by atoms with Crippen molar-refractivity contribution in [3.63, 3.8) is 0 Å². The molecule has 0 atom stereocenters. The zero-order chi connectivity index (χ0) is 31.1. The second kappa shape index (κ2) is 14.5. The first-order valence-electron chi connectivity index (χ1n) is 14.3. The lowest BCUT2D eigenvalue weighted by molar-refractivity contribution is -0.143. The van der Waals surface area contributed by atoms with Gasteiger partial charge in [0, 0.05) is 64.0 Å². The molecule has 0 saturated carbocycles. The summed E-state index contributed by atoms with van der Waals surface area (Å²) in [6.07, 6.45) is -4.71. The predicted molar refractivity (Wildman–Crippen MR) is 150 cm³/mol. The summed E-state index contributed by atoms with van der Waals surface area (Å²) >= 11 is 0. The highest BCUT2D eigenvalue weighted by molar-refractivity contribution is 5.78. The van der Waals surface area contributed by atoms with Crippen LogP contribution in [0.15, 0.2) is 30.6 Å². The minimum atomic E-state index is -4.94. The lowest BCUT2D eigenvalue weighted by Crippen LogP contribution is -2.54. The van der Waals surface area contributed by atoms with Crippen molar-refractivity contribution in [1.82, 2.24) is 24.7 Å². The van der Waals surface area contributed by atoms with E-state index >= 15 is 0 Å². The molecule has 0 bridgehead atoms. The molecule has 0 aliphatic carbocycles. The van der Waals surface area contributed by atoms with Gasteiger partial charge in [0.2, 0.25) is 5.91 Å². The number of amides is 1. The Bertz CT molecular complexity index is 1100. The van der Waals surface area contributed by atoms with Gasteiger partial charge < -0.3 is 9.80 Å². The van der Waals surface area contributed by atoms with E-state index in [1.165, 1.54) is 25.2 Å². The molecule has 0 spiro atoms. The summed E-state index contributed by atoms with van der Waals surface area (Å²) < 4.78 is 79.1. The van der Waals surface area contributed by atoms with Crippen molar-refractivity contribution in [3.05, 3.63) is 41.7 Å². The normalized spacial score (nSPS) is 17.3. The lowest BCUT2D eigenvalue weighted by atomic mass is 10.0. The van der Waals surface area contributed by atoms with Gasteiger partial charge in [0.25, 0.3) is 0 Å². The number of aromatic nitrogens is 2. The maximum Gasteiger partial charge on any atom is 0.416 e. The van der Waals surface area contributed by atoms with Crippen molar-refractivity contribution in [2.45, 2.75) is 58.9 Å². The van der Waals surface area contributed by atoms with Gasteiger partial charge in [-0.3, -0.25) is 19.6 Å². The molecule has 1 amide bonds. The average Bonchev–Trinajstić information content (AvgIpc) is 2.96. The molecular formula is C29H40F6N6O. The Morgan fingerprint density at radius 2 is 1.33 bits per heavy atom. The lowest BCUT2D eigenvalue weighted by Gasteiger charge is -2.39. The summed E-state index contributed by atoms with van der Waals surface area (Å²) in [7, 11) is 0.